The van der Waals surface area contributed by atoms with E-state index in [4.69, 9.17) is 5.73 Å². The molecular weight excluding hydrogens is 294 g/mol. The first kappa shape index (κ1) is 15.9. The Balaban J connectivity index is 2.28. The van der Waals surface area contributed by atoms with Crippen LogP contribution in [0.3, 0.4) is 0 Å². The van der Waals surface area contributed by atoms with Gasteiger partial charge in [0.1, 0.15) is 0 Å². The van der Waals surface area contributed by atoms with Gasteiger partial charge < -0.3 is 5.73 Å². The summed E-state index contributed by atoms with van der Waals surface area (Å²) >= 11 is 0. The minimum atomic E-state index is -3.96. The van der Waals surface area contributed by atoms with Gasteiger partial charge in [0.05, 0.1) is 4.92 Å². The van der Waals surface area contributed by atoms with E-state index in [9.17, 15) is 18.5 Å². The Morgan fingerprint density at radius 3 is 2.57 bits per heavy atom. The summed E-state index contributed by atoms with van der Waals surface area (Å²) in [5.41, 5.74) is 5.58. The monoisotopic (exact) mass is 313 g/mol. The van der Waals surface area contributed by atoms with E-state index in [0.717, 1.165) is 25.7 Å². The molecule has 0 radical (unpaired) electrons. The van der Waals surface area contributed by atoms with Gasteiger partial charge in [-0.2, -0.15) is 0 Å². The number of nitrogens with one attached hydrogen (secondary N) is 1. The number of nitrogens with two attached hydrogens (primary N) is 1. The number of hydrogen-bond acceptors (Lipinski definition) is 5. The second kappa shape index (κ2) is 6.50. The molecule has 1 aliphatic rings. The van der Waals surface area contributed by atoms with Gasteiger partial charge in [-0.25, -0.2) is 13.1 Å². The molecule has 0 saturated heterocycles. The Bertz CT molecular complexity index is 618. The first-order valence-corrected chi connectivity index (χ1v) is 8.41. The molecule has 2 unspecified atom stereocenters. The molecule has 116 valence electrons. The Kier molecular flexibility index (Phi) is 4.92. The van der Waals surface area contributed by atoms with Gasteiger partial charge in [0.2, 0.25) is 10.0 Å². The minimum absolute atomic E-state index is 0.259. The van der Waals surface area contributed by atoms with Crippen LogP contribution in [0.25, 0.3) is 0 Å². The van der Waals surface area contributed by atoms with Crippen molar-refractivity contribution in [3.63, 3.8) is 0 Å². The number of nitro benzene ring substituents is 1. The van der Waals surface area contributed by atoms with Crippen molar-refractivity contribution in [2.45, 2.75) is 49.1 Å². The molecule has 1 aromatic carbocycles. The van der Waals surface area contributed by atoms with Crippen molar-refractivity contribution in [2.24, 2.45) is 5.73 Å². The van der Waals surface area contributed by atoms with Crippen LogP contribution in [-0.4, -0.2) is 25.4 Å². The molecule has 3 N–H and O–H groups in total. The number of rotatable bonds is 4. The van der Waals surface area contributed by atoms with Gasteiger partial charge in [0.25, 0.3) is 5.69 Å². The summed E-state index contributed by atoms with van der Waals surface area (Å²) in [6.45, 7) is 0. The van der Waals surface area contributed by atoms with Crippen LogP contribution in [0.2, 0.25) is 0 Å². The van der Waals surface area contributed by atoms with E-state index in [2.05, 4.69) is 4.72 Å². The van der Waals surface area contributed by atoms with E-state index in [1.165, 1.54) is 24.3 Å². The predicted octanol–water partition coefficient (Wildman–Crippen LogP) is 1.53. The van der Waals surface area contributed by atoms with Gasteiger partial charge in [-0.3, -0.25) is 10.1 Å². The number of hydrogen-bond donors (Lipinski definition) is 2. The Hall–Kier alpha value is -1.51. The standard InChI is InChI=1S/C13H19N3O4S/c14-10-6-2-1-3-7-11(10)15-21(19,20)13-9-5-4-8-12(13)16(17)18/h4-5,8-11,15H,1-3,6-7,14H2. The normalized spacial score (nSPS) is 23.5. The van der Waals surface area contributed by atoms with Gasteiger partial charge in [0, 0.05) is 18.2 Å². The molecule has 21 heavy (non-hydrogen) atoms. The quantitative estimate of drug-likeness (QED) is 0.497. The topological polar surface area (TPSA) is 115 Å². The van der Waals surface area contributed by atoms with Crippen molar-refractivity contribution in [2.75, 3.05) is 0 Å². The molecule has 7 nitrogen and oxygen atoms in total. The van der Waals surface area contributed by atoms with Crippen LogP contribution < -0.4 is 10.5 Å². The summed E-state index contributed by atoms with van der Waals surface area (Å²) in [6, 6.07) is 4.69. The van der Waals surface area contributed by atoms with E-state index in [-0.39, 0.29) is 17.0 Å². The SMILES string of the molecule is NC1CCCCCC1NS(=O)(=O)c1ccccc1[N+](=O)[O-]. The van der Waals surface area contributed by atoms with Gasteiger partial charge in [0.15, 0.2) is 4.90 Å². The second-order valence-corrected chi connectivity index (χ2v) is 6.94. The number of nitrogens with zero attached hydrogens (tertiary/aromatic N) is 1. The molecule has 2 atom stereocenters. The van der Waals surface area contributed by atoms with Crippen LogP contribution in [0.1, 0.15) is 32.1 Å². The summed E-state index contributed by atoms with van der Waals surface area (Å²) < 4.78 is 27.4. The van der Waals surface area contributed by atoms with Crippen molar-refractivity contribution in [3.8, 4) is 0 Å². The number of nitro groups is 1. The van der Waals surface area contributed by atoms with Crippen LogP contribution in [0, 0.1) is 10.1 Å². The fourth-order valence-corrected chi connectivity index (χ4v) is 4.07. The minimum Gasteiger partial charge on any atom is -0.326 e. The predicted molar refractivity (Wildman–Crippen MR) is 78.3 cm³/mol. The highest BCUT2D eigenvalue weighted by Crippen LogP contribution is 2.24. The lowest BCUT2D eigenvalue weighted by Crippen LogP contribution is -2.46. The highest BCUT2D eigenvalue weighted by molar-refractivity contribution is 7.89. The van der Waals surface area contributed by atoms with Gasteiger partial charge in [-0.1, -0.05) is 31.4 Å². The largest absolute Gasteiger partial charge is 0.326 e. The van der Waals surface area contributed by atoms with Crippen LogP contribution in [-0.2, 0) is 10.0 Å². The molecule has 0 aliphatic heterocycles. The first-order chi connectivity index (χ1) is 9.92. The van der Waals surface area contributed by atoms with E-state index < -0.39 is 20.6 Å². The van der Waals surface area contributed by atoms with Gasteiger partial charge in [-0.05, 0) is 18.9 Å². The average molecular weight is 313 g/mol. The number of benzene rings is 1. The lowest BCUT2D eigenvalue weighted by molar-refractivity contribution is -0.387. The number of para-hydroxylation sites is 1. The molecule has 2 rings (SSSR count). The maximum Gasteiger partial charge on any atom is 0.289 e. The smallest absolute Gasteiger partial charge is 0.289 e. The summed E-state index contributed by atoms with van der Waals surface area (Å²) in [6.07, 6.45) is 4.31. The summed E-state index contributed by atoms with van der Waals surface area (Å²) in [7, 11) is -3.96. The molecule has 0 heterocycles. The zero-order valence-corrected chi connectivity index (χ0v) is 12.4. The van der Waals surface area contributed by atoms with Crippen molar-refractivity contribution in [1.29, 1.82) is 0 Å². The Morgan fingerprint density at radius 2 is 1.86 bits per heavy atom. The van der Waals surface area contributed by atoms with Crippen LogP contribution in [0.5, 0.6) is 0 Å². The van der Waals surface area contributed by atoms with E-state index in [1.807, 2.05) is 0 Å². The maximum absolute atomic E-state index is 12.4. The summed E-state index contributed by atoms with van der Waals surface area (Å²) in [4.78, 5) is 9.96. The maximum atomic E-state index is 12.4. The highest BCUT2D eigenvalue weighted by atomic mass is 32.2. The Morgan fingerprint density at radius 1 is 1.19 bits per heavy atom. The van der Waals surface area contributed by atoms with Crippen molar-refractivity contribution in [1.82, 2.24) is 4.72 Å². The molecular formula is C13H19N3O4S. The molecule has 8 heteroatoms. The zero-order chi connectivity index (χ0) is 15.5. The van der Waals surface area contributed by atoms with Crippen LogP contribution in [0.4, 0.5) is 5.69 Å². The fraction of sp³-hybridized carbons (Fsp3) is 0.538. The Labute approximate surface area is 123 Å². The first-order valence-electron chi connectivity index (χ1n) is 6.93. The summed E-state index contributed by atoms with van der Waals surface area (Å²) in [5.74, 6) is 0. The molecule has 1 fully saturated rings. The molecule has 0 spiro atoms. The molecule has 1 aliphatic carbocycles. The van der Waals surface area contributed by atoms with Crippen LogP contribution in [0.15, 0.2) is 29.2 Å². The lowest BCUT2D eigenvalue weighted by atomic mass is 10.1. The van der Waals surface area contributed by atoms with E-state index in [0.29, 0.717) is 6.42 Å². The third-order valence-electron chi connectivity index (χ3n) is 3.73. The lowest BCUT2D eigenvalue weighted by Gasteiger charge is -2.22. The van der Waals surface area contributed by atoms with Crippen LogP contribution >= 0.6 is 0 Å². The summed E-state index contributed by atoms with van der Waals surface area (Å²) in [5, 5.41) is 11.0. The van der Waals surface area contributed by atoms with E-state index >= 15 is 0 Å². The van der Waals surface area contributed by atoms with E-state index in [1.54, 1.807) is 0 Å². The zero-order valence-electron chi connectivity index (χ0n) is 11.6. The fourth-order valence-electron chi connectivity index (χ4n) is 2.58. The van der Waals surface area contributed by atoms with Crippen molar-refractivity contribution < 1.29 is 13.3 Å². The molecule has 0 bridgehead atoms. The third-order valence-corrected chi connectivity index (χ3v) is 5.26. The highest BCUT2D eigenvalue weighted by Gasteiger charge is 2.30. The molecule has 0 aromatic heterocycles. The molecule has 1 aromatic rings. The van der Waals surface area contributed by atoms with Gasteiger partial charge >= 0.3 is 0 Å². The molecule has 0 amide bonds. The average Bonchev–Trinajstić information content (AvgIpc) is 2.64. The van der Waals surface area contributed by atoms with Crippen molar-refractivity contribution in [3.05, 3.63) is 34.4 Å². The number of sulfonamides is 1. The van der Waals surface area contributed by atoms with Crippen molar-refractivity contribution >= 4 is 15.7 Å². The molecule has 1 saturated carbocycles. The van der Waals surface area contributed by atoms with Gasteiger partial charge in [-0.15, -0.1) is 0 Å². The third kappa shape index (κ3) is 3.78. The second-order valence-electron chi connectivity index (χ2n) is 5.25.